The topological polar surface area (TPSA) is 42.2 Å². The van der Waals surface area contributed by atoms with Gasteiger partial charge in [0, 0.05) is 18.8 Å². The lowest BCUT2D eigenvalue weighted by Crippen LogP contribution is -2.08. The fourth-order valence-corrected chi connectivity index (χ4v) is 2.24. The van der Waals surface area contributed by atoms with E-state index in [0.717, 1.165) is 30.1 Å². The zero-order chi connectivity index (χ0) is 13.1. The molecule has 0 saturated heterocycles. The van der Waals surface area contributed by atoms with Gasteiger partial charge in [0.2, 0.25) is 0 Å². The highest BCUT2D eigenvalue weighted by Gasteiger charge is 2.11. The number of hydrogen-bond acceptors (Lipinski definition) is 3. The highest BCUT2D eigenvalue weighted by atomic mass is 15.1. The molecule has 1 N–H and O–H groups in total. The van der Waals surface area contributed by atoms with E-state index in [1.54, 1.807) is 0 Å². The molecule has 0 bridgehead atoms. The van der Waals surface area contributed by atoms with Crippen LogP contribution in [0.4, 0.5) is 0 Å². The Labute approximate surface area is 112 Å². The van der Waals surface area contributed by atoms with Gasteiger partial charge in [-0.05, 0) is 18.7 Å². The maximum atomic E-state index is 4.71. The predicted molar refractivity (Wildman–Crippen MR) is 75.0 cm³/mol. The molecule has 4 nitrogen and oxygen atoms in total. The van der Waals surface area contributed by atoms with Crippen molar-refractivity contribution in [3.05, 3.63) is 65.9 Å². The largest absolute Gasteiger partial charge is 0.313 e. The molecule has 96 valence electrons. The van der Waals surface area contributed by atoms with E-state index in [0.29, 0.717) is 0 Å². The van der Waals surface area contributed by atoms with Gasteiger partial charge in [-0.15, -0.1) is 0 Å². The molecule has 3 rings (SSSR count). The summed E-state index contributed by atoms with van der Waals surface area (Å²) in [6.45, 7) is 0.738. The Morgan fingerprint density at radius 3 is 2.79 bits per heavy atom. The minimum absolute atomic E-state index is 0.738. The van der Waals surface area contributed by atoms with Crippen molar-refractivity contribution in [3.8, 4) is 0 Å². The summed E-state index contributed by atoms with van der Waals surface area (Å²) < 4.78 is 2.05. The fraction of sp³-hybridized carbons (Fsp3) is 0.200. The summed E-state index contributed by atoms with van der Waals surface area (Å²) in [5.41, 5.74) is 3.22. The molecule has 4 heteroatoms. The van der Waals surface area contributed by atoms with Crippen molar-refractivity contribution >= 4 is 5.65 Å². The van der Waals surface area contributed by atoms with Gasteiger partial charge in [-0.25, -0.2) is 9.97 Å². The van der Waals surface area contributed by atoms with Gasteiger partial charge in [0.05, 0.1) is 12.2 Å². The van der Waals surface area contributed by atoms with Crippen LogP contribution in [0.25, 0.3) is 5.65 Å². The number of imidazole rings is 1. The van der Waals surface area contributed by atoms with E-state index in [1.165, 1.54) is 5.56 Å². The van der Waals surface area contributed by atoms with Gasteiger partial charge in [0.15, 0.2) is 5.65 Å². The van der Waals surface area contributed by atoms with Crippen LogP contribution in [0, 0.1) is 0 Å². The SMILES string of the molecule is CNCc1nc(Cc2ccccc2)c2ncccn12. The van der Waals surface area contributed by atoms with E-state index in [1.807, 2.05) is 31.6 Å². The predicted octanol–water partition coefficient (Wildman–Crippen LogP) is 2.04. The summed E-state index contributed by atoms with van der Waals surface area (Å²) in [6, 6.07) is 12.3. The molecule has 19 heavy (non-hydrogen) atoms. The number of fused-ring (bicyclic) bond motifs is 1. The smallest absolute Gasteiger partial charge is 0.160 e. The molecule has 0 amide bonds. The summed E-state index contributed by atoms with van der Waals surface area (Å²) in [5, 5.41) is 3.14. The second kappa shape index (κ2) is 5.20. The molecule has 0 spiro atoms. The quantitative estimate of drug-likeness (QED) is 0.772. The van der Waals surface area contributed by atoms with Gasteiger partial charge in [-0.3, -0.25) is 4.40 Å². The zero-order valence-electron chi connectivity index (χ0n) is 10.9. The van der Waals surface area contributed by atoms with Gasteiger partial charge >= 0.3 is 0 Å². The molecule has 0 aliphatic rings. The third kappa shape index (κ3) is 2.35. The Balaban J connectivity index is 2.03. The first kappa shape index (κ1) is 11.9. The molecule has 0 saturated carbocycles. The Morgan fingerprint density at radius 1 is 1.16 bits per heavy atom. The van der Waals surface area contributed by atoms with Gasteiger partial charge in [0.25, 0.3) is 0 Å². The van der Waals surface area contributed by atoms with Gasteiger partial charge in [-0.2, -0.15) is 0 Å². The molecule has 2 heterocycles. The third-order valence-corrected chi connectivity index (χ3v) is 3.10. The van der Waals surface area contributed by atoms with Crippen LogP contribution < -0.4 is 5.32 Å². The molecule has 0 fully saturated rings. The van der Waals surface area contributed by atoms with Crippen molar-refractivity contribution in [2.75, 3.05) is 7.05 Å². The highest BCUT2D eigenvalue weighted by molar-refractivity contribution is 5.47. The van der Waals surface area contributed by atoms with Crippen LogP contribution >= 0.6 is 0 Å². The summed E-state index contributed by atoms with van der Waals surface area (Å²) in [5.74, 6) is 0.997. The van der Waals surface area contributed by atoms with Crippen molar-refractivity contribution < 1.29 is 0 Å². The average molecular weight is 252 g/mol. The first-order valence-electron chi connectivity index (χ1n) is 6.38. The van der Waals surface area contributed by atoms with Crippen LogP contribution in [-0.4, -0.2) is 21.4 Å². The van der Waals surface area contributed by atoms with E-state index < -0.39 is 0 Å². The summed E-state index contributed by atoms with van der Waals surface area (Å²) in [4.78, 5) is 9.17. The van der Waals surface area contributed by atoms with E-state index in [2.05, 4.69) is 39.0 Å². The lowest BCUT2D eigenvalue weighted by atomic mass is 10.1. The van der Waals surface area contributed by atoms with Crippen molar-refractivity contribution in [1.82, 2.24) is 19.7 Å². The molecule has 1 aromatic carbocycles. The molecule has 0 aliphatic carbocycles. The minimum Gasteiger partial charge on any atom is -0.313 e. The normalized spacial score (nSPS) is 11.0. The van der Waals surface area contributed by atoms with Crippen molar-refractivity contribution in [2.45, 2.75) is 13.0 Å². The summed E-state index contributed by atoms with van der Waals surface area (Å²) in [7, 11) is 1.92. The summed E-state index contributed by atoms with van der Waals surface area (Å²) in [6.07, 6.45) is 4.64. The maximum Gasteiger partial charge on any atom is 0.160 e. The minimum atomic E-state index is 0.738. The highest BCUT2D eigenvalue weighted by Crippen LogP contribution is 2.15. The van der Waals surface area contributed by atoms with Crippen molar-refractivity contribution in [2.24, 2.45) is 0 Å². The van der Waals surface area contributed by atoms with Crippen LogP contribution in [-0.2, 0) is 13.0 Å². The van der Waals surface area contributed by atoms with Crippen LogP contribution in [0.3, 0.4) is 0 Å². The van der Waals surface area contributed by atoms with E-state index in [-0.39, 0.29) is 0 Å². The lowest BCUT2D eigenvalue weighted by Gasteiger charge is -1.98. The fourth-order valence-electron chi connectivity index (χ4n) is 2.24. The van der Waals surface area contributed by atoms with Gasteiger partial charge < -0.3 is 5.32 Å². The van der Waals surface area contributed by atoms with E-state index in [9.17, 15) is 0 Å². The number of benzene rings is 1. The van der Waals surface area contributed by atoms with Crippen LogP contribution in [0.5, 0.6) is 0 Å². The monoisotopic (exact) mass is 252 g/mol. The standard InChI is InChI=1S/C15H16N4/c1-16-11-14-18-13(10-12-6-3-2-4-7-12)15-17-8-5-9-19(14)15/h2-9,16H,10-11H2,1H3. The molecular formula is C15H16N4. The Bertz CT molecular complexity index is 673. The number of aromatic nitrogens is 3. The zero-order valence-corrected chi connectivity index (χ0v) is 10.9. The first-order valence-corrected chi connectivity index (χ1v) is 6.38. The third-order valence-electron chi connectivity index (χ3n) is 3.10. The Hall–Kier alpha value is -2.20. The number of hydrogen-bond donors (Lipinski definition) is 1. The summed E-state index contributed by atoms with van der Waals surface area (Å²) >= 11 is 0. The number of rotatable bonds is 4. The average Bonchev–Trinajstić information content (AvgIpc) is 2.79. The number of nitrogens with one attached hydrogen (secondary N) is 1. The second-order valence-corrected chi connectivity index (χ2v) is 4.48. The molecular weight excluding hydrogens is 236 g/mol. The molecule has 2 aromatic heterocycles. The second-order valence-electron chi connectivity index (χ2n) is 4.48. The molecule has 3 aromatic rings. The molecule has 0 aliphatic heterocycles. The maximum absolute atomic E-state index is 4.71. The lowest BCUT2D eigenvalue weighted by molar-refractivity contribution is 0.751. The number of nitrogens with zero attached hydrogens (tertiary/aromatic N) is 3. The van der Waals surface area contributed by atoms with Crippen LogP contribution in [0.1, 0.15) is 17.1 Å². The Kier molecular flexibility index (Phi) is 3.25. The van der Waals surface area contributed by atoms with Crippen LogP contribution in [0.15, 0.2) is 48.8 Å². The van der Waals surface area contributed by atoms with Crippen LogP contribution in [0.2, 0.25) is 0 Å². The van der Waals surface area contributed by atoms with Crippen molar-refractivity contribution in [1.29, 1.82) is 0 Å². The van der Waals surface area contributed by atoms with E-state index >= 15 is 0 Å². The van der Waals surface area contributed by atoms with Crippen molar-refractivity contribution in [3.63, 3.8) is 0 Å². The van der Waals surface area contributed by atoms with Gasteiger partial charge in [0.1, 0.15) is 5.82 Å². The van der Waals surface area contributed by atoms with E-state index in [4.69, 9.17) is 4.98 Å². The van der Waals surface area contributed by atoms with Gasteiger partial charge in [-0.1, -0.05) is 30.3 Å². The first-order chi connectivity index (χ1) is 9.38. The molecule has 0 radical (unpaired) electrons. The molecule has 0 atom stereocenters. The Morgan fingerprint density at radius 2 is 2.00 bits per heavy atom. The molecule has 0 unspecified atom stereocenters.